The molecule has 0 saturated heterocycles. The van der Waals surface area contributed by atoms with Gasteiger partial charge in [0, 0.05) is 22.7 Å². The first kappa shape index (κ1) is 26.0. The number of aromatic amines is 1. The van der Waals surface area contributed by atoms with Gasteiger partial charge in [0.1, 0.15) is 5.75 Å². The number of H-pyrrole nitrogens is 1. The lowest BCUT2D eigenvalue weighted by atomic mass is 10.1. The van der Waals surface area contributed by atoms with Crippen LogP contribution in [0.4, 0.5) is 5.69 Å². The predicted molar refractivity (Wildman–Crippen MR) is 136 cm³/mol. The second-order valence-electron chi connectivity index (χ2n) is 7.87. The van der Waals surface area contributed by atoms with Crippen LogP contribution in [0.2, 0.25) is 0 Å². The van der Waals surface area contributed by atoms with Crippen molar-refractivity contribution in [2.45, 2.75) is 44.0 Å². The number of carbonyl (C=O) groups excluding carboxylic acids is 2. The lowest BCUT2D eigenvalue weighted by molar-refractivity contribution is -0.115. The molecule has 2 N–H and O–H groups in total. The number of methoxy groups -OCH3 is 1. The molecule has 0 bridgehead atoms. The summed E-state index contributed by atoms with van der Waals surface area (Å²) in [6.07, 6.45) is 1.64. The number of esters is 1. The Morgan fingerprint density at radius 2 is 1.91 bits per heavy atom. The number of hydrogen-bond donors (Lipinski definition) is 2. The molecule has 0 radical (unpaired) electrons. The summed E-state index contributed by atoms with van der Waals surface area (Å²) < 4.78 is 10.4. The number of ether oxygens (including phenoxy) is 2. The van der Waals surface area contributed by atoms with E-state index in [-0.39, 0.29) is 17.9 Å². The molecule has 8 nitrogen and oxygen atoms in total. The average Bonchev–Trinajstić information content (AvgIpc) is 2.85. The lowest BCUT2D eigenvalue weighted by Crippen LogP contribution is -2.23. The molecule has 0 spiro atoms. The molecule has 35 heavy (non-hydrogen) atoms. The van der Waals surface area contributed by atoms with Crippen LogP contribution in [0.25, 0.3) is 0 Å². The highest BCUT2D eigenvalue weighted by molar-refractivity contribution is 7.98. The Morgan fingerprint density at radius 3 is 2.60 bits per heavy atom. The third kappa shape index (κ3) is 7.71. The normalized spacial score (nSPS) is 10.6. The third-order valence-corrected chi connectivity index (χ3v) is 6.13. The fourth-order valence-corrected chi connectivity index (χ4v) is 4.07. The van der Waals surface area contributed by atoms with Gasteiger partial charge in [-0.3, -0.25) is 9.59 Å². The number of hydrogen-bond acceptors (Lipinski definition) is 7. The summed E-state index contributed by atoms with van der Waals surface area (Å²) in [5.74, 6) is 0.634. The number of amides is 1. The summed E-state index contributed by atoms with van der Waals surface area (Å²) in [6.45, 7) is 4.12. The molecule has 0 fully saturated rings. The van der Waals surface area contributed by atoms with Gasteiger partial charge in [0.05, 0.1) is 25.7 Å². The van der Waals surface area contributed by atoms with Gasteiger partial charge in [0.15, 0.2) is 5.16 Å². The lowest BCUT2D eigenvalue weighted by Gasteiger charge is -2.09. The second kappa shape index (κ2) is 12.8. The zero-order valence-corrected chi connectivity index (χ0v) is 20.9. The quantitative estimate of drug-likeness (QED) is 0.174. The van der Waals surface area contributed by atoms with Crippen LogP contribution in [0.15, 0.2) is 58.5 Å². The zero-order valence-electron chi connectivity index (χ0n) is 20.1. The number of nitrogens with zero attached hydrogens (tertiary/aromatic N) is 1. The van der Waals surface area contributed by atoms with E-state index in [1.54, 1.807) is 38.3 Å². The summed E-state index contributed by atoms with van der Waals surface area (Å²) in [4.78, 5) is 44.4. The number of anilines is 1. The Hall–Kier alpha value is -3.59. The molecule has 0 saturated carbocycles. The maximum absolute atomic E-state index is 12.6. The molecule has 184 valence electrons. The van der Waals surface area contributed by atoms with Crippen LogP contribution >= 0.6 is 11.8 Å². The minimum Gasteiger partial charge on any atom is -0.497 e. The summed E-state index contributed by atoms with van der Waals surface area (Å²) in [5, 5.41) is 3.23. The van der Waals surface area contributed by atoms with E-state index in [1.165, 1.54) is 11.8 Å². The summed E-state index contributed by atoms with van der Waals surface area (Å²) in [5.41, 5.74) is 2.45. The predicted octanol–water partition coefficient (Wildman–Crippen LogP) is 4.52. The first-order valence-electron chi connectivity index (χ1n) is 11.3. The molecule has 0 aliphatic heterocycles. The van der Waals surface area contributed by atoms with E-state index in [9.17, 15) is 14.4 Å². The van der Waals surface area contributed by atoms with Crippen molar-refractivity contribution in [3.8, 4) is 5.75 Å². The van der Waals surface area contributed by atoms with Crippen LogP contribution in [0.1, 0.15) is 46.9 Å². The fraction of sp³-hybridized carbons (Fsp3) is 0.308. The van der Waals surface area contributed by atoms with Gasteiger partial charge in [-0.1, -0.05) is 37.2 Å². The molecule has 0 aliphatic rings. The average molecular weight is 496 g/mol. The number of aryl methyl sites for hydroxylation is 1. The number of unbranched alkanes of at least 4 members (excludes halogenated alkanes) is 1. The van der Waals surface area contributed by atoms with Gasteiger partial charge < -0.3 is 19.8 Å². The largest absolute Gasteiger partial charge is 0.497 e. The van der Waals surface area contributed by atoms with Crippen molar-refractivity contribution in [2.24, 2.45) is 0 Å². The van der Waals surface area contributed by atoms with Gasteiger partial charge in [0.25, 0.3) is 5.56 Å². The Morgan fingerprint density at radius 1 is 1.14 bits per heavy atom. The summed E-state index contributed by atoms with van der Waals surface area (Å²) in [6, 6.07) is 14.1. The maximum Gasteiger partial charge on any atom is 0.338 e. The SMILES string of the molecule is CCCCOC(=O)c1ccc(NC(=O)Cc2c(C)nc(SCc3cccc(OC)c3)[nH]c2=O)cc1. The van der Waals surface area contributed by atoms with Crippen LogP contribution in [0, 0.1) is 6.92 Å². The van der Waals surface area contributed by atoms with E-state index < -0.39 is 5.97 Å². The molecule has 0 atom stereocenters. The number of benzene rings is 2. The highest BCUT2D eigenvalue weighted by atomic mass is 32.2. The van der Waals surface area contributed by atoms with Gasteiger partial charge in [-0.2, -0.15) is 0 Å². The van der Waals surface area contributed by atoms with E-state index in [2.05, 4.69) is 15.3 Å². The fourth-order valence-electron chi connectivity index (χ4n) is 3.22. The minimum atomic E-state index is -0.395. The molecule has 1 heterocycles. The molecule has 3 rings (SSSR count). The summed E-state index contributed by atoms with van der Waals surface area (Å²) in [7, 11) is 1.62. The highest BCUT2D eigenvalue weighted by Crippen LogP contribution is 2.22. The van der Waals surface area contributed by atoms with Crippen molar-refractivity contribution in [1.29, 1.82) is 0 Å². The van der Waals surface area contributed by atoms with Gasteiger partial charge in [-0.05, 0) is 55.3 Å². The monoisotopic (exact) mass is 495 g/mol. The number of rotatable bonds is 11. The van der Waals surface area contributed by atoms with Gasteiger partial charge in [-0.25, -0.2) is 9.78 Å². The van der Waals surface area contributed by atoms with E-state index in [1.807, 2.05) is 31.2 Å². The molecule has 3 aromatic rings. The zero-order chi connectivity index (χ0) is 25.2. The van der Waals surface area contributed by atoms with Crippen LogP contribution in [0.3, 0.4) is 0 Å². The molecule has 2 aromatic carbocycles. The van der Waals surface area contributed by atoms with Crippen LogP contribution in [0.5, 0.6) is 5.75 Å². The van der Waals surface area contributed by atoms with E-state index in [0.717, 1.165) is 24.2 Å². The summed E-state index contributed by atoms with van der Waals surface area (Å²) >= 11 is 1.40. The van der Waals surface area contributed by atoms with Crippen molar-refractivity contribution in [1.82, 2.24) is 9.97 Å². The Balaban J connectivity index is 1.58. The number of aromatic nitrogens is 2. The first-order chi connectivity index (χ1) is 16.9. The molecule has 1 amide bonds. The van der Waals surface area contributed by atoms with Crippen molar-refractivity contribution in [2.75, 3.05) is 19.0 Å². The van der Waals surface area contributed by atoms with E-state index >= 15 is 0 Å². The topological polar surface area (TPSA) is 110 Å². The van der Waals surface area contributed by atoms with E-state index in [4.69, 9.17) is 9.47 Å². The van der Waals surface area contributed by atoms with Gasteiger partial charge in [0.2, 0.25) is 5.91 Å². The maximum atomic E-state index is 12.6. The Bertz CT molecular complexity index is 1220. The molecule has 0 unspecified atom stereocenters. The minimum absolute atomic E-state index is 0.115. The molecule has 1 aromatic heterocycles. The van der Waals surface area contributed by atoms with Crippen molar-refractivity contribution in [3.63, 3.8) is 0 Å². The van der Waals surface area contributed by atoms with Crippen LogP contribution in [-0.2, 0) is 21.7 Å². The Labute approximate surface area is 208 Å². The van der Waals surface area contributed by atoms with E-state index in [0.29, 0.717) is 40.0 Å². The Kier molecular flexibility index (Phi) is 9.48. The second-order valence-corrected chi connectivity index (χ2v) is 8.83. The van der Waals surface area contributed by atoms with Crippen LogP contribution in [-0.4, -0.2) is 35.6 Å². The van der Waals surface area contributed by atoms with Crippen LogP contribution < -0.4 is 15.6 Å². The molecular formula is C26H29N3O5S. The number of carbonyl (C=O) groups is 2. The number of thioether (sulfide) groups is 1. The third-order valence-electron chi connectivity index (χ3n) is 5.18. The number of nitrogens with one attached hydrogen (secondary N) is 2. The standard InChI is InChI=1S/C26H29N3O5S/c1-4-5-13-34-25(32)19-9-11-20(12-10-19)28-23(30)15-22-17(2)27-26(29-24(22)31)35-16-18-7-6-8-21(14-18)33-3/h6-12,14H,4-5,13,15-16H2,1-3H3,(H,28,30)(H,27,29,31). The van der Waals surface area contributed by atoms with Crippen molar-refractivity contribution in [3.05, 3.63) is 81.3 Å². The molecule has 9 heteroatoms. The van der Waals surface area contributed by atoms with Gasteiger partial charge in [-0.15, -0.1) is 0 Å². The first-order valence-corrected chi connectivity index (χ1v) is 12.3. The van der Waals surface area contributed by atoms with Gasteiger partial charge >= 0.3 is 5.97 Å². The molecular weight excluding hydrogens is 466 g/mol. The highest BCUT2D eigenvalue weighted by Gasteiger charge is 2.14. The smallest absolute Gasteiger partial charge is 0.338 e. The van der Waals surface area contributed by atoms with Crippen molar-refractivity contribution < 1.29 is 19.1 Å². The molecule has 0 aliphatic carbocycles. The van der Waals surface area contributed by atoms with Crippen molar-refractivity contribution >= 4 is 29.3 Å².